The molecule has 5 rings (SSSR count). The number of benzene rings is 4. The molecule has 0 aliphatic carbocycles. The predicted molar refractivity (Wildman–Crippen MR) is 178 cm³/mol. The maximum absolute atomic E-state index is 12.5. The highest BCUT2D eigenvalue weighted by molar-refractivity contribution is 6.03. The van der Waals surface area contributed by atoms with E-state index in [-0.39, 0.29) is 18.3 Å². The van der Waals surface area contributed by atoms with E-state index in [2.05, 4.69) is 54.5 Å². The van der Waals surface area contributed by atoms with Crippen LogP contribution in [0.1, 0.15) is 46.0 Å². The lowest BCUT2D eigenvalue weighted by Crippen LogP contribution is -2.42. The Hall–Kier alpha value is -5.17. The molecule has 0 saturated carbocycles. The molecular weight excluding hydrogens is 532 g/mol. The summed E-state index contributed by atoms with van der Waals surface area (Å²) in [6.45, 7) is 4.63. The summed E-state index contributed by atoms with van der Waals surface area (Å²) in [5, 5.41) is 21.4. The Morgan fingerprint density at radius 3 is 2.16 bits per heavy atom. The minimum Gasteiger partial charge on any atom is -0.398 e. The van der Waals surface area contributed by atoms with Gasteiger partial charge in [-0.1, -0.05) is 91.9 Å². The number of hydrogen-bond acceptors (Lipinski definition) is 4. The van der Waals surface area contributed by atoms with Gasteiger partial charge in [0.2, 0.25) is 0 Å². The van der Waals surface area contributed by atoms with Crippen molar-refractivity contribution in [2.75, 3.05) is 12.3 Å². The second kappa shape index (κ2) is 15.2. The van der Waals surface area contributed by atoms with E-state index in [9.17, 15) is 4.79 Å². The third kappa shape index (κ3) is 8.66. The van der Waals surface area contributed by atoms with Crippen LogP contribution in [-0.2, 0) is 19.4 Å². The highest BCUT2D eigenvalue weighted by Crippen LogP contribution is 2.16. The minimum atomic E-state index is -0.332. The zero-order valence-corrected chi connectivity index (χ0v) is 24.9. The Balaban J connectivity index is 0.000000353. The van der Waals surface area contributed by atoms with Crippen molar-refractivity contribution in [1.82, 2.24) is 15.2 Å². The molecule has 220 valence electrons. The number of amides is 1. The molecule has 5 aromatic rings. The smallest absolute Gasteiger partial charge is 0.253 e. The Morgan fingerprint density at radius 2 is 1.47 bits per heavy atom. The number of para-hydroxylation sites is 2. The number of aryl methyl sites for hydroxylation is 3. The molecule has 1 aromatic heterocycles. The van der Waals surface area contributed by atoms with Gasteiger partial charge >= 0.3 is 0 Å². The van der Waals surface area contributed by atoms with E-state index in [4.69, 9.17) is 16.6 Å². The number of carbonyl (C=O) groups is 1. The molecule has 0 spiro atoms. The summed E-state index contributed by atoms with van der Waals surface area (Å²) >= 11 is 0. The van der Waals surface area contributed by atoms with Crippen molar-refractivity contribution in [3.63, 3.8) is 0 Å². The maximum atomic E-state index is 12.5. The van der Waals surface area contributed by atoms with Crippen molar-refractivity contribution in [3.05, 3.63) is 137 Å². The van der Waals surface area contributed by atoms with Crippen LogP contribution >= 0.6 is 0 Å². The van der Waals surface area contributed by atoms with Gasteiger partial charge in [-0.15, -0.1) is 0 Å². The summed E-state index contributed by atoms with van der Waals surface area (Å²) in [5.74, 6) is 0.174. The lowest BCUT2D eigenvalue weighted by atomic mass is 10.1. The second-order valence-corrected chi connectivity index (χ2v) is 10.4. The van der Waals surface area contributed by atoms with E-state index in [1.807, 2.05) is 54.7 Å². The molecule has 0 aliphatic heterocycles. The molecule has 7 heteroatoms. The molecule has 1 heterocycles. The summed E-state index contributed by atoms with van der Waals surface area (Å²) in [5.41, 5.74) is 12.6. The SMILES string of the molecule is CCc1ccc(CN(C(=N)CCc2ccccc2)C(=N)CNC(=O)c2ccccc2N)cc1.Cc1c[nH]c2ccccc12. The molecule has 0 saturated heterocycles. The third-order valence-electron chi connectivity index (χ3n) is 7.33. The number of nitrogens with one attached hydrogen (secondary N) is 4. The van der Waals surface area contributed by atoms with Gasteiger partial charge in [-0.2, -0.15) is 0 Å². The van der Waals surface area contributed by atoms with Crippen LogP contribution in [-0.4, -0.2) is 34.0 Å². The number of carbonyl (C=O) groups excluding carboxylic acids is 1. The highest BCUT2D eigenvalue weighted by atomic mass is 16.1. The van der Waals surface area contributed by atoms with Crippen LogP contribution in [0.5, 0.6) is 0 Å². The number of amidine groups is 2. The zero-order valence-electron chi connectivity index (χ0n) is 24.9. The summed E-state index contributed by atoms with van der Waals surface area (Å²) in [4.78, 5) is 17.4. The van der Waals surface area contributed by atoms with Gasteiger partial charge in [0.25, 0.3) is 5.91 Å². The zero-order chi connectivity index (χ0) is 30.6. The molecule has 7 nitrogen and oxygen atoms in total. The molecule has 6 N–H and O–H groups in total. The van der Waals surface area contributed by atoms with Crippen LogP contribution in [0.3, 0.4) is 0 Å². The van der Waals surface area contributed by atoms with Gasteiger partial charge < -0.3 is 20.9 Å². The van der Waals surface area contributed by atoms with E-state index in [1.54, 1.807) is 29.2 Å². The van der Waals surface area contributed by atoms with Crippen LogP contribution in [0.15, 0.2) is 109 Å². The molecule has 0 radical (unpaired) electrons. The van der Waals surface area contributed by atoms with E-state index < -0.39 is 0 Å². The monoisotopic (exact) mass is 572 g/mol. The van der Waals surface area contributed by atoms with Gasteiger partial charge in [-0.05, 0) is 60.2 Å². The fourth-order valence-electron chi connectivity index (χ4n) is 4.73. The van der Waals surface area contributed by atoms with Gasteiger partial charge in [-0.3, -0.25) is 15.6 Å². The van der Waals surface area contributed by atoms with Crippen molar-refractivity contribution in [1.29, 1.82) is 10.8 Å². The predicted octanol–water partition coefficient (Wildman–Crippen LogP) is 7.13. The standard InChI is InChI=1S/C27H31N5O.C9H9N/c1-2-20-12-14-22(15-13-20)19-32(25(29)17-16-21-8-4-3-5-9-21)26(30)18-31-27(33)23-10-6-7-11-24(23)28;1-7-6-10-9-5-3-2-4-8(7)9/h3-15,29-30H,2,16-19,28H2,1H3,(H,31,33);2-6,10H,1H3. The lowest BCUT2D eigenvalue weighted by molar-refractivity contribution is 0.0959. The van der Waals surface area contributed by atoms with Gasteiger partial charge in [0.15, 0.2) is 0 Å². The maximum Gasteiger partial charge on any atom is 0.253 e. The Kier molecular flexibility index (Phi) is 10.9. The van der Waals surface area contributed by atoms with E-state index in [0.29, 0.717) is 36.5 Å². The first-order chi connectivity index (χ1) is 20.9. The number of fused-ring (bicyclic) bond motifs is 1. The number of nitrogen functional groups attached to an aromatic ring is 1. The van der Waals surface area contributed by atoms with Crippen LogP contribution in [0.25, 0.3) is 10.9 Å². The summed E-state index contributed by atoms with van der Waals surface area (Å²) in [6, 6.07) is 33.4. The van der Waals surface area contributed by atoms with E-state index in [1.165, 1.54) is 22.0 Å². The summed E-state index contributed by atoms with van der Waals surface area (Å²) < 4.78 is 0. The molecule has 4 aromatic carbocycles. The molecule has 0 unspecified atom stereocenters. The largest absolute Gasteiger partial charge is 0.398 e. The van der Waals surface area contributed by atoms with Gasteiger partial charge in [0.1, 0.15) is 11.7 Å². The summed E-state index contributed by atoms with van der Waals surface area (Å²) in [7, 11) is 0. The number of H-pyrrole nitrogens is 1. The van der Waals surface area contributed by atoms with E-state index >= 15 is 0 Å². The van der Waals surface area contributed by atoms with Crippen molar-refractivity contribution < 1.29 is 4.79 Å². The molecule has 0 atom stereocenters. The molecule has 0 bridgehead atoms. The van der Waals surface area contributed by atoms with Gasteiger partial charge in [0.05, 0.1) is 18.7 Å². The average molecular weight is 573 g/mol. The quantitative estimate of drug-likeness (QED) is 0.0734. The van der Waals surface area contributed by atoms with Gasteiger partial charge in [0, 0.05) is 29.2 Å². The van der Waals surface area contributed by atoms with Crippen molar-refractivity contribution in [2.24, 2.45) is 0 Å². The molecule has 43 heavy (non-hydrogen) atoms. The molecule has 0 fully saturated rings. The molecule has 1 amide bonds. The Labute approximate surface area is 253 Å². The van der Waals surface area contributed by atoms with E-state index in [0.717, 1.165) is 17.5 Å². The average Bonchev–Trinajstić information content (AvgIpc) is 3.43. The number of aromatic nitrogens is 1. The Bertz CT molecular complexity index is 1660. The molecular formula is C36H40N6O. The lowest BCUT2D eigenvalue weighted by Gasteiger charge is -2.26. The van der Waals surface area contributed by atoms with Crippen LogP contribution in [0, 0.1) is 17.7 Å². The highest BCUT2D eigenvalue weighted by Gasteiger charge is 2.18. The van der Waals surface area contributed by atoms with Crippen LogP contribution in [0.2, 0.25) is 0 Å². The van der Waals surface area contributed by atoms with Crippen LogP contribution < -0.4 is 11.1 Å². The fraction of sp³-hybridized carbons (Fsp3) is 0.194. The number of hydrogen-bond donors (Lipinski definition) is 5. The van der Waals surface area contributed by atoms with Crippen molar-refractivity contribution in [3.8, 4) is 0 Å². The Morgan fingerprint density at radius 1 is 0.814 bits per heavy atom. The first-order valence-corrected chi connectivity index (χ1v) is 14.5. The molecule has 0 aliphatic rings. The summed E-state index contributed by atoms with van der Waals surface area (Å²) in [6.07, 6.45) is 4.20. The second-order valence-electron chi connectivity index (χ2n) is 10.4. The fourth-order valence-corrected chi connectivity index (χ4v) is 4.73. The van der Waals surface area contributed by atoms with Crippen LogP contribution in [0.4, 0.5) is 5.69 Å². The number of rotatable bonds is 9. The first kappa shape index (κ1) is 30.8. The normalized spacial score (nSPS) is 10.5. The third-order valence-corrected chi connectivity index (χ3v) is 7.33. The minimum absolute atomic E-state index is 0.00787. The first-order valence-electron chi connectivity index (χ1n) is 14.5. The topological polar surface area (TPSA) is 122 Å². The number of aromatic amines is 1. The number of nitrogens with zero attached hydrogens (tertiary/aromatic N) is 1. The van der Waals surface area contributed by atoms with Crippen molar-refractivity contribution >= 4 is 34.2 Å². The number of anilines is 1. The van der Waals surface area contributed by atoms with Crippen molar-refractivity contribution in [2.45, 2.75) is 39.7 Å². The number of nitrogens with two attached hydrogens (primary N) is 1. The van der Waals surface area contributed by atoms with Gasteiger partial charge in [-0.25, -0.2) is 0 Å².